The first kappa shape index (κ1) is 14.7. The molecule has 2 N–H and O–H groups in total. The summed E-state index contributed by atoms with van der Waals surface area (Å²) in [5.41, 5.74) is 0.558. The first-order valence-electron chi connectivity index (χ1n) is 5.52. The molecule has 0 fully saturated rings. The van der Waals surface area contributed by atoms with Gasteiger partial charge in [-0.05, 0) is 44.5 Å². The summed E-state index contributed by atoms with van der Waals surface area (Å²) >= 11 is 3.34. The Balaban J connectivity index is 2.74. The normalized spacial score (nSPS) is 11.1. The standard InChI is InChI=1S/C13H16BrNO3/c1-8-6-9(14)4-5-10(8)15-11(16)7-13(2,3)12(17)18/h4-6H,7H2,1-3H3,(H,15,16)(H,17,18). The lowest BCUT2D eigenvalue weighted by atomic mass is 9.89. The minimum absolute atomic E-state index is 0.0577. The molecule has 0 aliphatic carbocycles. The van der Waals surface area contributed by atoms with Gasteiger partial charge in [0.2, 0.25) is 5.91 Å². The second-order valence-electron chi connectivity index (χ2n) is 4.87. The summed E-state index contributed by atoms with van der Waals surface area (Å²) in [7, 11) is 0. The number of halogens is 1. The molecule has 0 radical (unpaired) electrons. The number of amides is 1. The summed E-state index contributed by atoms with van der Waals surface area (Å²) in [5.74, 6) is -1.28. The summed E-state index contributed by atoms with van der Waals surface area (Å²) in [5, 5.41) is 11.7. The lowest BCUT2D eigenvalue weighted by Crippen LogP contribution is -2.29. The molecule has 0 aliphatic heterocycles. The van der Waals surface area contributed by atoms with Gasteiger partial charge in [-0.15, -0.1) is 0 Å². The maximum Gasteiger partial charge on any atom is 0.309 e. The molecule has 98 valence electrons. The van der Waals surface area contributed by atoms with E-state index in [1.54, 1.807) is 6.07 Å². The maximum absolute atomic E-state index is 11.8. The van der Waals surface area contributed by atoms with Crippen molar-refractivity contribution in [1.29, 1.82) is 0 Å². The second kappa shape index (κ2) is 5.52. The molecule has 1 amide bonds. The van der Waals surface area contributed by atoms with Gasteiger partial charge in [0.15, 0.2) is 0 Å². The Labute approximate surface area is 115 Å². The molecule has 0 saturated heterocycles. The van der Waals surface area contributed by atoms with Gasteiger partial charge in [0.25, 0.3) is 0 Å². The summed E-state index contributed by atoms with van der Waals surface area (Å²) in [6.45, 7) is 4.94. The Morgan fingerprint density at radius 2 is 2.00 bits per heavy atom. The summed E-state index contributed by atoms with van der Waals surface area (Å²) in [6, 6.07) is 5.49. The molecular formula is C13H16BrNO3. The lowest BCUT2D eigenvalue weighted by Gasteiger charge is -2.18. The van der Waals surface area contributed by atoms with Gasteiger partial charge in [0.1, 0.15) is 0 Å². The van der Waals surface area contributed by atoms with Gasteiger partial charge < -0.3 is 10.4 Å². The van der Waals surface area contributed by atoms with Crippen molar-refractivity contribution < 1.29 is 14.7 Å². The van der Waals surface area contributed by atoms with Crippen molar-refractivity contribution in [3.05, 3.63) is 28.2 Å². The van der Waals surface area contributed by atoms with Gasteiger partial charge in [-0.2, -0.15) is 0 Å². The first-order chi connectivity index (χ1) is 8.22. The molecule has 0 atom stereocenters. The van der Waals surface area contributed by atoms with Crippen LogP contribution >= 0.6 is 15.9 Å². The van der Waals surface area contributed by atoms with Crippen molar-refractivity contribution in [3.8, 4) is 0 Å². The number of rotatable bonds is 4. The molecule has 5 heteroatoms. The van der Waals surface area contributed by atoms with Crippen molar-refractivity contribution in [2.75, 3.05) is 5.32 Å². The molecule has 0 saturated carbocycles. The highest BCUT2D eigenvalue weighted by atomic mass is 79.9. The Kier molecular flexibility index (Phi) is 4.51. The maximum atomic E-state index is 11.8. The second-order valence-corrected chi connectivity index (χ2v) is 5.79. The number of hydrogen-bond donors (Lipinski definition) is 2. The largest absolute Gasteiger partial charge is 0.481 e. The number of carboxylic acid groups (broad SMARTS) is 1. The van der Waals surface area contributed by atoms with E-state index < -0.39 is 11.4 Å². The molecule has 1 aromatic carbocycles. The third-order valence-corrected chi connectivity index (χ3v) is 3.14. The van der Waals surface area contributed by atoms with E-state index in [1.165, 1.54) is 13.8 Å². The van der Waals surface area contributed by atoms with Crippen LogP contribution in [0.15, 0.2) is 22.7 Å². The Bertz CT molecular complexity index is 483. The van der Waals surface area contributed by atoms with E-state index >= 15 is 0 Å². The number of carboxylic acids is 1. The Hall–Kier alpha value is -1.36. The molecule has 0 heterocycles. The average Bonchev–Trinajstić information content (AvgIpc) is 2.21. The minimum atomic E-state index is -1.06. The van der Waals surface area contributed by atoms with Crippen LogP contribution in [0.25, 0.3) is 0 Å². The van der Waals surface area contributed by atoms with E-state index in [0.29, 0.717) is 5.69 Å². The first-order valence-corrected chi connectivity index (χ1v) is 6.31. The van der Waals surface area contributed by atoms with Crippen LogP contribution in [-0.2, 0) is 9.59 Å². The van der Waals surface area contributed by atoms with E-state index in [2.05, 4.69) is 21.2 Å². The number of carbonyl (C=O) groups excluding carboxylic acids is 1. The van der Waals surface area contributed by atoms with Crippen molar-refractivity contribution in [2.45, 2.75) is 27.2 Å². The van der Waals surface area contributed by atoms with Crippen LogP contribution in [0.5, 0.6) is 0 Å². The third-order valence-electron chi connectivity index (χ3n) is 2.64. The number of nitrogens with one attached hydrogen (secondary N) is 1. The van der Waals surface area contributed by atoms with Gasteiger partial charge in [-0.25, -0.2) is 0 Å². The smallest absolute Gasteiger partial charge is 0.309 e. The van der Waals surface area contributed by atoms with Crippen molar-refractivity contribution in [3.63, 3.8) is 0 Å². The van der Waals surface area contributed by atoms with Gasteiger partial charge >= 0.3 is 5.97 Å². The fraction of sp³-hybridized carbons (Fsp3) is 0.385. The predicted octanol–water partition coefficient (Wildman–Crippen LogP) is 3.20. The quantitative estimate of drug-likeness (QED) is 0.897. The third kappa shape index (κ3) is 3.84. The zero-order valence-electron chi connectivity index (χ0n) is 10.6. The number of aryl methyl sites for hydroxylation is 1. The van der Waals surface area contributed by atoms with Gasteiger partial charge in [0, 0.05) is 16.6 Å². The van der Waals surface area contributed by atoms with Crippen molar-refractivity contribution >= 4 is 33.5 Å². The fourth-order valence-corrected chi connectivity index (χ4v) is 1.91. The highest BCUT2D eigenvalue weighted by Crippen LogP contribution is 2.23. The molecule has 0 spiro atoms. The number of anilines is 1. The zero-order chi connectivity index (χ0) is 13.9. The molecule has 0 aliphatic rings. The topological polar surface area (TPSA) is 66.4 Å². The van der Waals surface area contributed by atoms with Crippen LogP contribution in [0.3, 0.4) is 0 Å². The summed E-state index contributed by atoms with van der Waals surface area (Å²) < 4.78 is 0.934. The van der Waals surface area contributed by atoms with Crippen molar-refractivity contribution in [1.82, 2.24) is 0 Å². The minimum Gasteiger partial charge on any atom is -0.481 e. The zero-order valence-corrected chi connectivity index (χ0v) is 12.2. The highest BCUT2D eigenvalue weighted by Gasteiger charge is 2.30. The Morgan fingerprint density at radius 1 is 1.39 bits per heavy atom. The van der Waals surface area contributed by atoms with E-state index in [4.69, 9.17) is 5.11 Å². The molecule has 0 unspecified atom stereocenters. The monoisotopic (exact) mass is 313 g/mol. The summed E-state index contributed by atoms with van der Waals surface area (Å²) in [6.07, 6.45) is -0.0577. The molecule has 0 bridgehead atoms. The Morgan fingerprint density at radius 3 is 2.50 bits per heavy atom. The van der Waals surface area contributed by atoms with Crippen LogP contribution in [0.4, 0.5) is 5.69 Å². The van der Waals surface area contributed by atoms with Gasteiger partial charge in [-0.3, -0.25) is 9.59 Å². The van der Waals surface area contributed by atoms with E-state index in [9.17, 15) is 9.59 Å². The van der Waals surface area contributed by atoms with E-state index in [1.807, 2.05) is 19.1 Å². The molecule has 18 heavy (non-hydrogen) atoms. The molecule has 4 nitrogen and oxygen atoms in total. The molecule has 0 aromatic heterocycles. The number of benzene rings is 1. The van der Waals surface area contributed by atoms with E-state index in [0.717, 1.165) is 10.0 Å². The van der Waals surface area contributed by atoms with Crippen molar-refractivity contribution in [2.24, 2.45) is 5.41 Å². The highest BCUT2D eigenvalue weighted by molar-refractivity contribution is 9.10. The lowest BCUT2D eigenvalue weighted by molar-refractivity contribution is -0.148. The molecular weight excluding hydrogens is 298 g/mol. The van der Waals surface area contributed by atoms with Crippen LogP contribution in [0, 0.1) is 12.3 Å². The molecule has 1 aromatic rings. The predicted molar refractivity (Wildman–Crippen MR) is 73.5 cm³/mol. The number of aliphatic carboxylic acids is 1. The van der Waals surface area contributed by atoms with E-state index in [-0.39, 0.29) is 12.3 Å². The average molecular weight is 314 g/mol. The van der Waals surface area contributed by atoms with Crippen LogP contribution in [0.1, 0.15) is 25.8 Å². The van der Waals surface area contributed by atoms with Gasteiger partial charge in [-0.1, -0.05) is 15.9 Å². The van der Waals surface area contributed by atoms with Gasteiger partial charge in [0.05, 0.1) is 5.41 Å². The number of hydrogen-bond acceptors (Lipinski definition) is 2. The SMILES string of the molecule is Cc1cc(Br)ccc1NC(=O)CC(C)(C)C(=O)O. The van der Waals surface area contributed by atoms with Crippen LogP contribution in [-0.4, -0.2) is 17.0 Å². The van der Waals surface area contributed by atoms with Crippen LogP contribution in [0.2, 0.25) is 0 Å². The molecule has 1 rings (SSSR count). The van der Waals surface area contributed by atoms with Crippen LogP contribution < -0.4 is 5.32 Å². The summed E-state index contributed by atoms with van der Waals surface area (Å²) in [4.78, 5) is 22.7. The fourth-order valence-electron chi connectivity index (χ4n) is 1.44. The number of carbonyl (C=O) groups is 2.